The molecule has 2 aromatic rings. The zero-order valence-corrected chi connectivity index (χ0v) is 18.5. The molecule has 30 heavy (non-hydrogen) atoms. The summed E-state index contributed by atoms with van der Waals surface area (Å²) < 4.78 is 15.4. The Labute approximate surface area is 184 Å². The van der Waals surface area contributed by atoms with Crippen LogP contribution in [0.1, 0.15) is 32.8 Å². The molecule has 0 bridgehead atoms. The molecule has 1 amide bonds. The lowest BCUT2D eigenvalue weighted by atomic mass is 10.1. The van der Waals surface area contributed by atoms with Crippen LogP contribution in [0.25, 0.3) is 6.08 Å². The predicted octanol–water partition coefficient (Wildman–Crippen LogP) is 3.57. The highest BCUT2D eigenvalue weighted by Gasteiger charge is 2.27. The number of benzene rings is 1. The van der Waals surface area contributed by atoms with E-state index < -0.39 is 11.9 Å². The van der Waals surface area contributed by atoms with E-state index in [0.717, 1.165) is 35.3 Å². The molecule has 1 aromatic heterocycles. The SMILES string of the molecule is COC(=O)c1c(NC(=S)NC(=O)/C=C/c2ccc(OC)c(OC)c2)sc2c1CCC2. The number of ether oxygens (including phenoxy) is 3. The molecule has 7 nitrogen and oxygen atoms in total. The monoisotopic (exact) mass is 446 g/mol. The van der Waals surface area contributed by atoms with Gasteiger partial charge in [-0.1, -0.05) is 6.07 Å². The van der Waals surface area contributed by atoms with Gasteiger partial charge in [0.25, 0.3) is 0 Å². The van der Waals surface area contributed by atoms with E-state index in [1.165, 1.54) is 24.5 Å². The number of aryl methyl sites for hydroxylation is 1. The molecule has 0 spiro atoms. The van der Waals surface area contributed by atoms with Crippen LogP contribution < -0.4 is 20.1 Å². The third kappa shape index (κ3) is 4.80. The van der Waals surface area contributed by atoms with Crippen molar-refractivity contribution < 1.29 is 23.8 Å². The molecule has 9 heteroatoms. The van der Waals surface area contributed by atoms with Gasteiger partial charge in [0.15, 0.2) is 16.6 Å². The Balaban J connectivity index is 1.65. The molecule has 3 rings (SSSR count). The third-order valence-electron chi connectivity index (χ3n) is 4.61. The molecule has 1 aliphatic carbocycles. The van der Waals surface area contributed by atoms with Crippen LogP contribution in [0, 0.1) is 0 Å². The minimum absolute atomic E-state index is 0.113. The molecule has 158 valence electrons. The van der Waals surface area contributed by atoms with Crippen LogP contribution in [0.5, 0.6) is 11.5 Å². The van der Waals surface area contributed by atoms with Crippen LogP contribution in [0.15, 0.2) is 24.3 Å². The van der Waals surface area contributed by atoms with Crippen LogP contribution in [0.2, 0.25) is 0 Å². The first-order chi connectivity index (χ1) is 14.5. The zero-order valence-electron chi connectivity index (χ0n) is 16.9. The second-order valence-electron chi connectivity index (χ2n) is 6.44. The summed E-state index contributed by atoms with van der Waals surface area (Å²) in [5, 5.41) is 6.27. The Hall–Kier alpha value is -2.91. The molecule has 0 radical (unpaired) electrons. The first-order valence-electron chi connectivity index (χ1n) is 9.21. The second-order valence-corrected chi connectivity index (χ2v) is 7.96. The standard InChI is InChI=1S/C21H22N2O5S2/c1-26-14-9-7-12(11-15(14)27-2)8-10-17(24)22-21(29)23-19-18(20(25)28-3)13-5-4-6-16(13)30-19/h7-11H,4-6H2,1-3H3,(H2,22,23,24,29)/b10-8+. The summed E-state index contributed by atoms with van der Waals surface area (Å²) in [5.74, 6) is 0.373. The summed E-state index contributed by atoms with van der Waals surface area (Å²) in [7, 11) is 4.46. The average molecular weight is 447 g/mol. The van der Waals surface area contributed by atoms with Crippen molar-refractivity contribution in [2.45, 2.75) is 19.3 Å². The quantitative estimate of drug-likeness (QED) is 0.399. The minimum atomic E-state index is -0.403. The van der Waals surface area contributed by atoms with Gasteiger partial charge in [-0.25, -0.2) is 4.79 Å². The van der Waals surface area contributed by atoms with Crippen LogP contribution in [0.3, 0.4) is 0 Å². The van der Waals surface area contributed by atoms with Gasteiger partial charge >= 0.3 is 5.97 Å². The highest BCUT2D eigenvalue weighted by molar-refractivity contribution is 7.80. The number of hydrogen-bond acceptors (Lipinski definition) is 7. The number of carbonyl (C=O) groups is 2. The number of methoxy groups -OCH3 is 3. The van der Waals surface area contributed by atoms with Crippen LogP contribution in [-0.4, -0.2) is 38.3 Å². The Bertz CT molecular complexity index is 1010. The third-order valence-corrected chi connectivity index (χ3v) is 6.02. The molecular formula is C21H22N2O5S2. The van der Waals surface area contributed by atoms with Gasteiger partial charge in [0.1, 0.15) is 5.00 Å². The molecule has 0 unspecified atom stereocenters. The summed E-state index contributed by atoms with van der Waals surface area (Å²) in [5.41, 5.74) is 2.29. The van der Waals surface area contributed by atoms with Crippen LogP contribution in [-0.2, 0) is 22.4 Å². The lowest BCUT2D eigenvalue weighted by Crippen LogP contribution is -2.33. The fraction of sp³-hybridized carbons (Fsp3) is 0.286. The molecule has 0 aliphatic heterocycles. The van der Waals surface area contributed by atoms with E-state index in [2.05, 4.69) is 10.6 Å². The summed E-state index contributed by atoms with van der Waals surface area (Å²) in [6.45, 7) is 0. The van der Waals surface area contributed by atoms with Gasteiger partial charge < -0.3 is 19.5 Å². The predicted molar refractivity (Wildman–Crippen MR) is 121 cm³/mol. The highest BCUT2D eigenvalue weighted by Crippen LogP contribution is 2.39. The Kier molecular flexibility index (Phi) is 7.07. The van der Waals surface area contributed by atoms with Gasteiger partial charge in [-0.3, -0.25) is 10.1 Å². The van der Waals surface area contributed by atoms with Crippen LogP contribution in [0.4, 0.5) is 5.00 Å². The highest BCUT2D eigenvalue weighted by atomic mass is 32.1. The van der Waals surface area contributed by atoms with Crippen molar-refractivity contribution in [2.24, 2.45) is 0 Å². The van der Waals surface area contributed by atoms with Crippen molar-refractivity contribution >= 4 is 51.6 Å². The van der Waals surface area contributed by atoms with E-state index in [1.807, 2.05) is 0 Å². The van der Waals surface area contributed by atoms with Crippen molar-refractivity contribution in [2.75, 3.05) is 26.6 Å². The van der Waals surface area contributed by atoms with Crippen molar-refractivity contribution in [1.82, 2.24) is 5.32 Å². The van der Waals surface area contributed by atoms with Crippen molar-refractivity contribution in [3.63, 3.8) is 0 Å². The maximum absolute atomic E-state index is 12.2. The number of thiocarbonyl (C=S) groups is 1. The normalized spacial score (nSPS) is 12.4. The van der Waals surface area contributed by atoms with Crippen molar-refractivity contribution in [3.05, 3.63) is 45.8 Å². The van der Waals surface area contributed by atoms with Gasteiger partial charge in [-0.15, -0.1) is 11.3 Å². The average Bonchev–Trinajstić information content (AvgIpc) is 3.32. The molecule has 0 saturated heterocycles. The molecule has 0 saturated carbocycles. The lowest BCUT2D eigenvalue weighted by molar-refractivity contribution is -0.115. The number of anilines is 1. The molecule has 1 aromatic carbocycles. The smallest absolute Gasteiger partial charge is 0.341 e. The van der Waals surface area contributed by atoms with Gasteiger partial charge in [0.2, 0.25) is 5.91 Å². The fourth-order valence-corrected chi connectivity index (χ4v) is 4.78. The summed E-state index contributed by atoms with van der Waals surface area (Å²) >= 11 is 6.72. The number of hydrogen-bond donors (Lipinski definition) is 2. The van der Waals surface area contributed by atoms with Crippen molar-refractivity contribution in [1.29, 1.82) is 0 Å². The van der Waals surface area contributed by atoms with Crippen LogP contribution >= 0.6 is 23.6 Å². The molecule has 1 heterocycles. The molecule has 0 atom stereocenters. The van der Waals surface area contributed by atoms with Gasteiger partial charge in [-0.05, 0) is 60.8 Å². The fourth-order valence-electron chi connectivity index (χ4n) is 3.23. The largest absolute Gasteiger partial charge is 0.493 e. The van der Waals surface area contributed by atoms with E-state index in [9.17, 15) is 9.59 Å². The molecule has 2 N–H and O–H groups in total. The Morgan fingerprint density at radius 3 is 2.60 bits per heavy atom. The van der Waals surface area contributed by atoms with E-state index in [0.29, 0.717) is 22.1 Å². The first kappa shape index (κ1) is 21.8. The van der Waals surface area contributed by atoms with E-state index in [-0.39, 0.29) is 5.11 Å². The number of fused-ring (bicyclic) bond motifs is 1. The summed E-state index contributed by atoms with van der Waals surface area (Å²) in [4.78, 5) is 25.6. The summed E-state index contributed by atoms with van der Waals surface area (Å²) in [6.07, 6.45) is 5.79. The lowest BCUT2D eigenvalue weighted by Gasteiger charge is -2.09. The number of thiophene rings is 1. The first-order valence-corrected chi connectivity index (χ1v) is 10.4. The maximum atomic E-state index is 12.2. The number of rotatable bonds is 6. The topological polar surface area (TPSA) is 85.9 Å². The summed E-state index contributed by atoms with van der Waals surface area (Å²) in [6, 6.07) is 5.32. The van der Waals surface area contributed by atoms with Gasteiger partial charge in [0, 0.05) is 11.0 Å². The zero-order chi connectivity index (χ0) is 21.7. The van der Waals surface area contributed by atoms with Gasteiger partial charge in [-0.2, -0.15) is 0 Å². The number of amides is 1. The number of nitrogens with one attached hydrogen (secondary N) is 2. The minimum Gasteiger partial charge on any atom is -0.493 e. The Morgan fingerprint density at radius 1 is 1.13 bits per heavy atom. The Morgan fingerprint density at radius 2 is 1.90 bits per heavy atom. The maximum Gasteiger partial charge on any atom is 0.341 e. The van der Waals surface area contributed by atoms with Crippen molar-refractivity contribution in [3.8, 4) is 11.5 Å². The second kappa shape index (κ2) is 9.73. The molecule has 1 aliphatic rings. The van der Waals surface area contributed by atoms with E-state index in [1.54, 1.807) is 38.5 Å². The van der Waals surface area contributed by atoms with E-state index in [4.69, 9.17) is 26.4 Å². The van der Waals surface area contributed by atoms with E-state index >= 15 is 0 Å². The number of carbonyl (C=O) groups excluding carboxylic acids is 2. The molecular weight excluding hydrogens is 424 g/mol. The van der Waals surface area contributed by atoms with Gasteiger partial charge in [0.05, 0.1) is 26.9 Å². The number of esters is 1. The molecule has 0 fully saturated rings.